The number of thiophene rings is 1. The quantitative estimate of drug-likeness (QED) is 0.633. The van der Waals surface area contributed by atoms with Gasteiger partial charge in [0.25, 0.3) is 5.91 Å². The minimum absolute atomic E-state index is 0.0152. The molecule has 28 heavy (non-hydrogen) atoms. The monoisotopic (exact) mass is 395 g/mol. The topological polar surface area (TPSA) is 64.4 Å². The van der Waals surface area contributed by atoms with E-state index in [0.29, 0.717) is 30.1 Å². The average molecular weight is 395 g/mol. The number of ether oxygens (including phenoxy) is 1. The summed E-state index contributed by atoms with van der Waals surface area (Å²) in [6.07, 6.45) is 0.632. The lowest BCUT2D eigenvalue weighted by molar-refractivity contribution is 0.0513. The van der Waals surface area contributed by atoms with E-state index in [-0.39, 0.29) is 12.5 Å². The number of aryl methyl sites for hydroxylation is 1. The Morgan fingerprint density at radius 2 is 2.00 bits per heavy atom. The van der Waals surface area contributed by atoms with Crippen molar-refractivity contribution in [2.75, 3.05) is 13.2 Å². The normalized spacial score (nSPS) is 13.3. The van der Waals surface area contributed by atoms with Gasteiger partial charge in [0.05, 0.1) is 29.4 Å². The number of hydrogen-bond acceptors (Lipinski definition) is 5. The van der Waals surface area contributed by atoms with Crippen molar-refractivity contribution >= 4 is 23.2 Å². The van der Waals surface area contributed by atoms with Crippen LogP contribution in [0.3, 0.4) is 0 Å². The minimum atomic E-state index is -0.449. The van der Waals surface area contributed by atoms with Gasteiger partial charge in [-0.05, 0) is 37.4 Å². The van der Waals surface area contributed by atoms with Crippen molar-refractivity contribution < 1.29 is 14.3 Å². The summed E-state index contributed by atoms with van der Waals surface area (Å²) in [5.74, 6) is -0.464. The molecule has 6 nitrogen and oxygen atoms in total. The maximum atomic E-state index is 12.8. The summed E-state index contributed by atoms with van der Waals surface area (Å²) in [5.41, 5.74) is 4.08. The predicted molar refractivity (Wildman–Crippen MR) is 107 cm³/mol. The van der Waals surface area contributed by atoms with Gasteiger partial charge in [0, 0.05) is 18.5 Å². The highest BCUT2D eigenvalue weighted by Gasteiger charge is 2.31. The fourth-order valence-electron chi connectivity index (χ4n) is 3.41. The first-order valence-corrected chi connectivity index (χ1v) is 10.1. The zero-order valence-electron chi connectivity index (χ0n) is 15.8. The van der Waals surface area contributed by atoms with Crippen LogP contribution in [0.15, 0.2) is 41.8 Å². The molecule has 3 aromatic rings. The van der Waals surface area contributed by atoms with Crippen LogP contribution < -0.4 is 0 Å². The van der Waals surface area contributed by atoms with E-state index in [4.69, 9.17) is 4.74 Å². The summed E-state index contributed by atoms with van der Waals surface area (Å²) in [5, 5.41) is 6.46. The molecule has 0 radical (unpaired) electrons. The molecular weight excluding hydrogens is 374 g/mol. The van der Waals surface area contributed by atoms with Crippen LogP contribution in [0, 0.1) is 6.92 Å². The van der Waals surface area contributed by atoms with E-state index in [9.17, 15) is 9.59 Å². The van der Waals surface area contributed by atoms with Crippen LogP contribution in [0.25, 0.3) is 5.69 Å². The number of carbonyl (C=O) groups is 2. The van der Waals surface area contributed by atoms with Crippen LogP contribution in [-0.4, -0.2) is 39.7 Å². The summed E-state index contributed by atoms with van der Waals surface area (Å²) < 4.78 is 7.03. The second-order valence-corrected chi connectivity index (χ2v) is 7.64. The fourth-order valence-corrected chi connectivity index (χ4v) is 4.10. The molecule has 4 rings (SSSR count). The van der Waals surface area contributed by atoms with E-state index in [2.05, 4.69) is 5.10 Å². The molecule has 0 aliphatic carbocycles. The first-order chi connectivity index (χ1) is 13.6. The van der Waals surface area contributed by atoms with Crippen LogP contribution >= 0.6 is 11.3 Å². The summed E-state index contributed by atoms with van der Waals surface area (Å²) in [6.45, 7) is 5.02. The Hall–Kier alpha value is -2.93. The van der Waals surface area contributed by atoms with Gasteiger partial charge in [0.2, 0.25) is 0 Å². The molecule has 0 bridgehead atoms. The Bertz CT molecular complexity index is 1010. The van der Waals surface area contributed by atoms with E-state index in [1.165, 1.54) is 11.3 Å². The van der Waals surface area contributed by atoms with Gasteiger partial charge in [0.1, 0.15) is 0 Å². The van der Waals surface area contributed by atoms with E-state index >= 15 is 0 Å². The van der Waals surface area contributed by atoms with Gasteiger partial charge in [-0.3, -0.25) is 4.79 Å². The molecule has 7 heteroatoms. The number of esters is 1. The third kappa shape index (κ3) is 3.33. The van der Waals surface area contributed by atoms with Gasteiger partial charge in [-0.1, -0.05) is 23.8 Å². The Labute approximate surface area is 167 Å². The maximum Gasteiger partial charge on any atom is 0.359 e. The Morgan fingerprint density at radius 1 is 1.21 bits per heavy atom. The zero-order valence-corrected chi connectivity index (χ0v) is 16.7. The SMILES string of the molecule is CCOC(=O)c1nn(-c2ccc(C)cc2)c2c1CN(C(=O)c1cccs1)CC2. The highest BCUT2D eigenvalue weighted by atomic mass is 32.1. The van der Waals surface area contributed by atoms with Gasteiger partial charge in [0.15, 0.2) is 5.69 Å². The van der Waals surface area contributed by atoms with E-state index < -0.39 is 5.97 Å². The largest absolute Gasteiger partial charge is 0.461 e. The van der Waals surface area contributed by atoms with Crippen LogP contribution in [0.1, 0.15) is 43.9 Å². The van der Waals surface area contributed by atoms with Crippen LogP contribution in [0.5, 0.6) is 0 Å². The fraction of sp³-hybridized carbons (Fsp3) is 0.286. The lowest BCUT2D eigenvalue weighted by Crippen LogP contribution is -2.36. The van der Waals surface area contributed by atoms with Crippen molar-refractivity contribution in [3.05, 3.63) is 69.2 Å². The minimum Gasteiger partial charge on any atom is -0.461 e. The highest BCUT2D eigenvalue weighted by molar-refractivity contribution is 7.12. The van der Waals surface area contributed by atoms with Gasteiger partial charge >= 0.3 is 5.97 Å². The van der Waals surface area contributed by atoms with Crippen LogP contribution in [-0.2, 0) is 17.7 Å². The van der Waals surface area contributed by atoms with Crippen molar-refractivity contribution in [1.29, 1.82) is 0 Å². The molecule has 1 aliphatic heterocycles. The smallest absolute Gasteiger partial charge is 0.359 e. The van der Waals surface area contributed by atoms with Crippen molar-refractivity contribution in [3.8, 4) is 5.69 Å². The van der Waals surface area contributed by atoms with E-state index in [1.54, 1.807) is 11.8 Å². The van der Waals surface area contributed by atoms with E-state index in [1.807, 2.05) is 53.4 Å². The molecule has 2 aromatic heterocycles. The summed E-state index contributed by atoms with van der Waals surface area (Å²) in [4.78, 5) is 27.8. The second-order valence-electron chi connectivity index (χ2n) is 6.70. The lowest BCUT2D eigenvalue weighted by Gasteiger charge is -2.27. The Kier molecular flexibility index (Phi) is 5.00. The number of benzene rings is 1. The number of fused-ring (bicyclic) bond motifs is 1. The Morgan fingerprint density at radius 3 is 2.68 bits per heavy atom. The van der Waals surface area contributed by atoms with Gasteiger partial charge in [-0.25, -0.2) is 9.48 Å². The number of carbonyl (C=O) groups excluding carboxylic acids is 2. The van der Waals surface area contributed by atoms with Crippen molar-refractivity contribution in [1.82, 2.24) is 14.7 Å². The predicted octanol–water partition coefficient (Wildman–Crippen LogP) is 3.62. The molecule has 0 N–H and O–H groups in total. The second kappa shape index (κ2) is 7.59. The standard InChI is InChI=1S/C21H21N3O3S/c1-3-27-21(26)19-16-13-23(20(25)18-5-4-12-28-18)11-10-17(16)24(22-19)15-8-6-14(2)7-9-15/h4-9,12H,3,10-11,13H2,1-2H3. The molecule has 0 saturated carbocycles. The molecule has 1 aliphatic rings. The molecule has 0 fully saturated rings. The first kappa shape index (κ1) is 18.4. The molecule has 0 atom stereocenters. The zero-order chi connectivity index (χ0) is 19.7. The third-order valence-corrected chi connectivity index (χ3v) is 5.68. The third-order valence-electron chi connectivity index (χ3n) is 4.82. The highest BCUT2D eigenvalue weighted by Crippen LogP contribution is 2.27. The molecule has 0 saturated heterocycles. The van der Waals surface area contributed by atoms with Crippen LogP contribution in [0.4, 0.5) is 0 Å². The van der Waals surface area contributed by atoms with Crippen molar-refractivity contribution in [2.45, 2.75) is 26.8 Å². The van der Waals surface area contributed by atoms with Crippen molar-refractivity contribution in [3.63, 3.8) is 0 Å². The molecular formula is C21H21N3O3S. The lowest BCUT2D eigenvalue weighted by atomic mass is 10.0. The van der Waals surface area contributed by atoms with Crippen LogP contribution in [0.2, 0.25) is 0 Å². The number of rotatable bonds is 4. The number of nitrogens with zero attached hydrogens (tertiary/aromatic N) is 3. The molecule has 0 unspecified atom stereocenters. The summed E-state index contributed by atoms with van der Waals surface area (Å²) in [7, 11) is 0. The maximum absolute atomic E-state index is 12.8. The number of aromatic nitrogens is 2. The van der Waals surface area contributed by atoms with Gasteiger partial charge in [-0.2, -0.15) is 5.10 Å². The average Bonchev–Trinajstić information content (AvgIpc) is 3.36. The summed E-state index contributed by atoms with van der Waals surface area (Å²) >= 11 is 1.42. The number of amides is 1. The molecule has 1 amide bonds. The summed E-state index contributed by atoms with van der Waals surface area (Å²) in [6, 6.07) is 11.7. The van der Waals surface area contributed by atoms with Crippen molar-refractivity contribution in [2.24, 2.45) is 0 Å². The van der Waals surface area contributed by atoms with Gasteiger partial charge < -0.3 is 9.64 Å². The van der Waals surface area contributed by atoms with Gasteiger partial charge in [-0.15, -0.1) is 11.3 Å². The Balaban J connectivity index is 1.73. The molecule has 3 heterocycles. The van der Waals surface area contributed by atoms with E-state index in [0.717, 1.165) is 22.5 Å². The molecule has 144 valence electrons. The molecule has 1 aromatic carbocycles. The first-order valence-electron chi connectivity index (χ1n) is 9.26. The molecule has 0 spiro atoms. The number of hydrogen-bond donors (Lipinski definition) is 0.